The van der Waals surface area contributed by atoms with Crippen LogP contribution >= 0.6 is 0 Å². The van der Waals surface area contributed by atoms with Gasteiger partial charge in [-0.05, 0) is 31.2 Å². The van der Waals surface area contributed by atoms with E-state index in [9.17, 15) is 17.8 Å². The molecule has 0 unspecified atom stereocenters. The summed E-state index contributed by atoms with van der Waals surface area (Å²) >= 11 is 0. The fraction of sp³-hybridized carbons (Fsp3) is 0.0625. The first-order chi connectivity index (χ1) is 11.9. The fourth-order valence-electron chi connectivity index (χ4n) is 2.28. The lowest BCUT2D eigenvalue weighted by Crippen LogP contribution is -2.13. The number of hydrogen-bond donors (Lipinski definition) is 2. The van der Waals surface area contributed by atoms with E-state index >= 15 is 0 Å². The van der Waals surface area contributed by atoms with Crippen molar-refractivity contribution in [1.82, 2.24) is 9.78 Å². The SMILES string of the molecule is Cc1[nH]n(-c2ccccc2)c(=O)c1N=Nc1ccccc1S(=O)(=O)O. The Hall–Kier alpha value is -3.04. The lowest BCUT2D eigenvalue weighted by atomic mass is 10.3. The standard InChI is InChI=1S/C16H14N4O4S/c1-11-15(16(21)20(19-11)12-7-3-2-4-8-12)18-17-13-9-5-6-10-14(13)25(22,23)24/h2-10,19H,1H3,(H,22,23,24). The Morgan fingerprint density at radius 1 is 1.00 bits per heavy atom. The van der Waals surface area contributed by atoms with E-state index in [0.717, 1.165) is 0 Å². The molecule has 0 amide bonds. The number of aryl methyl sites for hydroxylation is 1. The van der Waals surface area contributed by atoms with Crippen molar-refractivity contribution in [2.75, 3.05) is 0 Å². The molecule has 2 aromatic carbocycles. The zero-order valence-corrected chi connectivity index (χ0v) is 13.9. The third-order valence-electron chi connectivity index (χ3n) is 3.46. The van der Waals surface area contributed by atoms with Gasteiger partial charge in [0.15, 0.2) is 5.69 Å². The average molecular weight is 358 g/mol. The molecule has 0 atom stereocenters. The molecule has 0 radical (unpaired) electrons. The summed E-state index contributed by atoms with van der Waals surface area (Å²) in [6, 6.07) is 14.5. The van der Waals surface area contributed by atoms with E-state index in [1.165, 1.54) is 22.9 Å². The number of azo groups is 1. The van der Waals surface area contributed by atoms with Crippen LogP contribution in [0, 0.1) is 6.92 Å². The van der Waals surface area contributed by atoms with Crippen molar-refractivity contribution < 1.29 is 13.0 Å². The molecule has 3 rings (SSSR count). The number of benzene rings is 2. The maximum atomic E-state index is 12.5. The van der Waals surface area contributed by atoms with Crippen LogP contribution in [-0.4, -0.2) is 22.8 Å². The number of nitrogens with zero attached hydrogens (tertiary/aromatic N) is 3. The van der Waals surface area contributed by atoms with Gasteiger partial charge in [-0.1, -0.05) is 30.3 Å². The highest BCUT2D eigenvalue weighted by Crippen LogP contribution is 2.25. The van der Waals surface area contributed by atoms with Crippen LogP contribution in [0.1, 0.15) is 5.69 Å². The summed E-state index contributed by atoms with van der Waals surface area (Å²) in [6.45, 7) is 1.66. The molecule has 3 aromatic rings. The van der Waals surface area contributed by atoms with Crippen LogP contribution in [0.15, 0.2) is 74.5 Å². The zero-order chi connectivity index (χ0) is 18.0. The minimum Gasteiger partial charge on any atom is -0.293 e. The summed E-state index contributed by atoms with van der Waals surface area (Å²) in [7, 11) is -4.44. The molecule has 0 aliphatic rings. The van der Waals surface area contributed by atoms with Gasteiger partial charge in [-0.3, -0.25) is 14.4 Å². The minimum atomic E-state index is -4.44. The van der Waals surface area contributed by atoms with Crippen molar-refractivity contribution >= 4 is 21.5 Å². The molecule has 9 heteroatoms. The van der Waals surface area contributed by atoms with Crippen molar-refractivity contribution in [3.8, 4) is 5.69 Å². The van der Waals surface area contributed by atoms with Crippen LogP contribution < -0.4 is 5.56 Å². The maximum Gasteiger partial charge on any atom is 0.299 e. The van der Waals surface area contributed by atoms with E-state index in [1.807, 2.05) is 6.07 Å². The van der Waals surface area contributed by atoms with E-state index in [-0.39, 0.29) is 16.3 Å². The highest BCUT2D eigenvalue weighted by molar-refractivity contribution is 7.86. The summed E-state index contributed by atoms with van der Waals surface area (Å²) in [6.07, 6.45) is 0. The van der Waals surface area contributed by atoms with Gasteiger partial charge in [0.25, 0.3) is 15.7 Å². The smallest absolute Gasteiger partial charge is 0.293 e. The van der Waals surface area contributed by atoms with Crippen LogP contribution in [0.5, 0.6) is 0 Å². The Morgan fingerprint density at radius 2 is 1.64 bits per heavy atom. The number of para-hydroxylation sites is 1. The Kier molecular flexibility index (Phi) is 4.34. The van der Waals surface area contributed by atoms with Crippen molar-refractivity contribution in [3.05, 3.63) is 70.6 Å². The highest BCUT2D eigenvalue weighted by Gasteiger charge is 2.16. The second-order valence-electron chi connectivity index (χ2n) is 5.20. The predicted molar refractivity (Wildman–Crippen MR) is 91.6 cm³/mol. The second kappa shape index (κ2) is 6.46. The van der Waals surface area contributed by atoms with E-state index in [4.69, 9.17) is 0 Å². The lowest BCUT2D eigenvalue weighted by molar-refractivity contribution is 0.483. The molecule has 8 nitrogen and oxygen atoms in total. The number of H-pyrrole nitrogens is 1. The topological polar surface area (TPSA) is 117 Å². The third kappa shape index (κ3) is 3.42. The first-order valence-corrected chi connectivity index (χ1v) is 8.67. The van der Waals surface area contributed by atoms with Gasteiger partial charge in [0.05, 0.1) is 11.4 Å². The predicted octanol–water partition coefficient (Wildman–Crippen LogP) is 3.14. The van der Waals surface area contributed by atoms with Crippen LogP contribution in [0.2, 0.25) is 0 Å². The van der Waals surface area contributed by atoms with Gasteiger partial charge in [0.1, 0.15) is 10.6 Å². The molecule has 2 N–H and O–H groups in total. The molecule has 0 aliphatic heterocycles. The van der Waals surface area contributed by atoms with Gasteiger partial charge < -0.3 is 0 Å². The first-order valence-electron chi connectivity index (χ1n) is 7.23. The van der Waals surface area contributed by atoms with Crippen molar-refractivity contribution in [2.45, 2.75) is 11.8 Å². The monoisotopic (exact) mass is 358 g/mol. The summed E-state index contributed by atoms with van der Waals surface area (Å²) in [5.74, 6) is 0. The molecular formula is C16H14N4O4S. The second-order valence-corrected chi connectivity index (χ2v) is 6.59. The molecule has 128 valence electrons. The van der Waals surface area contributed by atoms with Crippen LogP contribution in [0.4, 0.5) is 11.4 Å². The average Bonchev–Trinajstić information content (AvgIpc) is 2.87. The molecular weight excluding hydrogens is 344 g/mol. The number of nitrogens with one attached hydrogen (secondary N) is 1. The molecule has 25 heavy (non-hydrogen) atoms. The normalized spacial score (nSPS) is 11.9. The highest BCUT2D eigenvalue weighted by atomic mass is 32.2. The third-order valence-corrected chi connectivity index (χ3v) is 4.36. The largest absolute Gasteiger partial charge is 0.299 e. The molecule has 1 aromatic heterocycles. The minimum absolute atomic E-state index is 0.0500. The maximum absolute atomic E-state index is 12.5. The summed E-state index contributed by atoms with van der Waals surface area (Å²) in [4.78, 5) is 12.1. The summed E-state index contributed by atoms with van der Waals surface area (Å²) < 4.78 is 33.3. The first kappa shape index (κ1) is 16.8. The number of aromatic nitrogens is 2. The van der Waals surface area contributed by atoms with E-state index in [1.54, 1.807) is 37.3 Å². The molecule has 0 saturated heterocycles. The van der Waals surface area contributed by atoms with Gasteiger partial charge in [-0.25, -0.2) is 4.68 Å². The van der Waals surface area contributed by atoms with Crippen molar-refractivity contribution in [2.24, 2.45) is 10.2 Å². The van der Waals surface area contributed by atoms with Crippen LogP contribution in [-0.2, 0) is 10.1 Å². The Morgan fingerprint density at radius 3 is 2.32 bits per heavy atom. The van der Waals surface area contributed by atoms with Gasteiger partial charge in [-0.15, -0.1) is 10.2 Å². The summed E-state index contributed by atoms with van der Waals surface area (Å²) in [5, 5.41) is 10.6. The molecule has 1 heterocycles. The van der Waals surface area contributed by atoms with Gasteiger partial charge in [0, 0.05) is 0 Å². The quantitative estimate of drug-likeness (QED) is 0.550. The van der Waals surface area contributed by atoms with E-state index < -0.39 is 15.7 Å². The zero-order valence-electron chi connectivity index (χ0n) is 13.1. The Balaban J connectivity index is 2.05. The molecule has 0 fully saturated rings. The molecule has 0 spiro atoms. The summed E-state index contributed by atoms with van der Waals surface area (Å²) in [5.41, 5.74) is 0.680. The van der Waals surface area contributed by atoms with Crippen LogP contribution in [0.3, 0.4) is 0 Å². The molecule has 0 saturated carbocycles. The van der Waals surface area contributed by atoms with Crippen molar-refractivity contribution in [1.29, 1.82) is 0 Å². The van der Waals surface area contributed by atoms with E-state index in [0.29, 0.717) is 11.4 Å². The van der Waals surface area contributed by atoms with Gasteiger partial charge in [-0.2, -0.15) is 8.42 Å². The van der Waals surface area contributed by atoms with Crippen molar-refractivity contribution in [3.63, 3.8) is 0 Å². The fourth-order valence-corrected chi connectivity index (χ4v) is 2.90. The number of hydrogen-bond acceptors (Lipinski definition) is 5. The van der Waals surface area contributed by atoms with Gasteiger partial charge >= 0.3 is 0 Å². The Labute approximate surface area is 143 Å². The van der Waals surface area contributed by atoms with Gasteiger partial charge in [0.2, 0.25) is 0 Å². The van der Waals surface area contributed by atoms with E-state index in [2.05, 4.69) is 15.3 Å². The Bertz CT molecular complexity index is 1100. The number of aromatic amines is 1. The molecule has 0 bridgehead atoms. The molecule has 0 aliphatic carbocycles. The lowest BCUT2D eigenvalue weighted by Gasteiger charge is -2.00. The van der Waals surface area contributed by atoms with Crippen LogP contribution in [0.25, 0.3) is 5.69 Å². The number of rotatable bonds is 4.